The summed E-state index contributed by atoms with van der Waals surface area (Å²) in [5.74, 6) is 0.836. The third kappa shape index (κ3) is 4.10. The first-order valence-corrected chi connectivity index (χ1v) is 5.58. The molecule has 0 bridgehead atoms. The SMILES string of the molecule is CCC(O)CCOc1ccc(Cl)cc1C. The number of halogens is 1. The Bertz CT molecular complexity index is 312. The van der Waals surface area contributed by atoms with Crippen LogP contribution in [0.4, 0.5) is 0 Å². The Balaban J connectivity index is 2.44. The van der Waals surface area contributed by atoms with Crippen LogP contribution in [0.5, 0.6) is 5.75 Å². The number of aryl methyl sites for hydroxylation is 1. The van der Waals surface area contributed by atoms with E-state index in [1.807, 2.05) is 26.0 Å². The van der Waals surface area contributed by atoms with Crippen molar-refractivity contribution in [3.8, 4) is 5.75 Å². The molecule has 0 amide bonds. The highest BCUT2D eigenvalue weighted by Crippen LogP contribution is 2.21. The minimum Gasteiger partial charge on any atom is -0.493 e. The maximum atomic E-state index is 9.35. The Morgan fingerprint density at radius 1 is 1.47 bits per heavy atom. The lowest BCUT2D eigenvalue weighted by Crippen LogP contribution is -2.10. The van der Waals surface area contributed by atoms with Crippen molar-refractivity contribution in [2.24, 2.45) is 0 Å². The first kappa shape index (κ1) is 12.3. The van der Waals surface area contributed by atoms with Crippen molar-refractivity contribution in [2.45, 2.75) is 32.8 Å². The quantitative estimate of drug-likeness (QED) is 0.839. The average molecular weight is 229 g/mol. The first-order chi connectivity index (χ1) is 7.13. The summed E-state index contributed by atoms with van der Waals surface area (Å²) >= 11 is 5.83. The number of benzene rings is 1. The van der Waals surface area contributed by atoms with Crippen LogP contribution in [0.15, 0.2) is 18.2 Å². The van der Waals surface area contributed by atoms with Gasteiger partial charge in [0.05, 0.1) is 12.7 Å². The summed E-state index contributed by atoms with van der Waals surface area (Å²) in [5.41, 5.74) is 1.02. The van der Waals surface area contributed by atoms with E-state index in [9.17, 15) is 5.11 Å². The number of aliphatic hydroxyl groups excluding tert-OH is 1. The lowest BCUT2D eigenvalue weighted by atomic mass is 10.2. The second-order valence-electron chi connectivity index (χ2n) is 3.61. The lowest BCUT2D eigenvalue weighted by Gasteiger charge is -2.11. The van der Waals surface area contributed by atoms with Crippen molar-refractivity contribution < 1.29 is 9.84 Å². The van der Waals surface area contributed by atoms with Crippen molar-refractivity contribution in [3.63, 3.8) is 0 Å². The van der Waals surface area contributed by atoms with Crippen LogP contribution in [0, 0.1) is 6.92 Å². The second kappa shape index (κ2) is 5.99. The fraction of sp³-hybridized carbons (Fsp3) is 0.500. The standard InChI is InChI=1S/C12H17ClO2/c1-3-11(14)6-7-15-12-5-4-10(13)8-9(12)2/h4-5,8,11,14H,3,6-7H2,1-2H3. The number of hydrogen-bond donors (Lipinski definition) is 1. The van der Waals surface area contributed by atoms with Crippen LogP contribution >= 0.6 is 11.6 Å². The second-order valence-corrected chi connectivity index (χ2v) is 4.05. The highest BCUT2D eigenvalue weighted by atomic mass is 35.5. The van der Waals surface area contributed by atoms with E-state index in [-0.39, 0.29) is 6.10 Å². The van der Waals surface area contributed by atoms with Gasteiger partial charge in [0.25, 0.3) is 0 Å². The zero-order chi connectivity index (χ0) is 11.3. The summed E-state index contributed by atoms with van der Waals surface area (Å²) in [6.45, 7) is 4.45. The third-order valence-corrected chi connectivity index (χ3v) is 2.55. The van der Waals surface area contributed by atoms with Crippen LogP contribution in [-0.2, 0) is 0 Å². The molecule has 0 aliphatic carbocycles. The Morgan fingerprint density at radius 2 is 2.20 bits per heavy atom. The van der Waals surface area contributed by atoms with Gasteiger partial charge in [-0.25, -0.2) is 0 Å². The van der Waals surface area contributed by atoms with E-state index in [1.54, 1.807) is 6.07 Å². The fourth-order valence-electron chi connectivity index (χ4n) is 1.28. The van der Waals surface area contributed by atoms with Crippen LogP contribution in [0.1, 0.15) is 25.3 Å². The van der Waals surface area contributed by atoms with Crippen LogP contribution in [0.2, 0.25) is 5.02 Å². The van der Waals surface area contributed by atoms with Gasteiger partial charge in [-0.3, -0.25) is 0 Å². The van der Waals surface area contributed by atoms with Crippen molar-refractivity contribution in [3.05, 3.63) is 28.8 Å². The summed E-state index contributed by atoms with van der Waals surface area (Å²) in [4.78, 5) is 0. The normalized spacial score (nSPS) is 12.5. The van der Waals surface area contributed by atoms with Crippen LogP contribution in [0.25, 0.3) is 0 Å². The molecule has 0 radical (unpaired) electrons. The molecule has 1 unspecified atom stereocenters. The monoisotopic (exact) mass is 228 g/mol. The van der Waals surface area contributed by atoms with Crippen molar-refractivity contribution >= 4 is 11.6 Å². The highest BCUT2D eigenvalue weighted by molar-refractivity contribution is 6.30. The predicted octanol–water partition coefficient (Wildman–Crippen LogP) is 3.19. The van der Waals surface area contributed by atoms with E-state index in [2.05, 4.69) is 0 Å². The number of rotatable bonds is 5. The molecule has 1 N–H and O–H groups in total. The molecular weight excluding hydrogens is 212 g/mol. The molecule has 1 atom stereocenters. The Kier molecular flexibility index (Phi) is 4.92. The Morgan fingerprint density at radius 3 is 2.80 bits per heavy atom. The predicted molar refractivity (Wildman–Crippen MR) is 62.6 cm³/mol. The molecule has 3 heteroatoms. The molecule has 0 aliphatic heterocycles. The van der Waals surface area contributed by atoms with Crippen LogP contribution < -0.4 is 4.74 Å². The first-order valence-electron chi connectivity index (χ1n) is 5.20. The minimum atomic E-state index is -0.266. The van der Waals surface area contributed by atoms with Gasteiger partial charge in [0.2, 0.25) is 0 Å². The third-order valence-electron chi connectivity index (χ3n) is 2.32. The molecule has 0 aliphatic rings. The Hall–Kier alpha value is -0.730. The maximum Gasteiger partial charge on any atom is 0.122 e. The van der Waals surface area contributed by atoms with Crippen molar-refractivity contribution in [1.82, 2.24) is 0 Å². The van der Waals surface area contributed by atoms with Gasteiger partial charge in [0.15, 0.2) is 0 Å². The zero-order valence-electron chi connectivity index (χ0n) is 9.16. The molecule has 1 aromatic rings. The Labute approximate surface area is 95.8 Å². The van der Waals surface area contributed by atoms with Crippen LogP contribution in [-0.4, -0.2) is 17.8 Å². The van der Waals surface area contributed by atoms with E-state index in [4.69, 9.17) is 16.3 Å². The van der Waals surface area contributed by atoms with Crippen molar-refractivity contribution in [2.75, 3.05) is 6.61 Å². The van der Waals surface area contributed by atoms with Gasteiger partial charge in [-0.15, -0.1) is 0 Å². The topological polar surface area (TPSA) is 29.5 Å². The van der Waals surface area contributed by atoms with Gasteiger partial charge in [-0.2, -0.15) is 0 Å². The highest BCUT2D eigenvalue weighted by Gasteiger charge is 2.03. The van der Waals surface area contributed by atoms with Gasteiger partial charge in [0, 0.05) is 11.4 Å². The smallest absolute Gasteiger partial charge is 0.122 e. The maximum absolute atomic E-state index is 9.35. The molecule has 0 heterocycles. The van der Waals surface area contributed by atoms with Gasteiger partial charge in [-0.1, -0.05) is 18.5 Å². The van der Waals surface area contributed by atoms with Gasteiger partial charge in [-0.05, 0) is 37.1 Å². The summed E-state index contributed by atoms with van der Waals surface area (Å²) in [7, 11) is 0. The molecule has 0 spiro atoms. The van der Waals surface area contributed by atoms with Crippen LogP contribution in [0.3, 0.4) is 0 Å². The molecule has 0 saturated carbocycles. The molecule has 0 saturated heterocycles. The minimum absolute atomic E-state index is 0.266. The van der Waals surface area contributed by atoms with E-state index < -0.39 is 0 Å². The number of ether oxygens (including phenoxy) is 1. The molecule has 15 heavy (non-hydrogen) atoms. The van der Waals surface area contributed by atoms with Gasteiger partial charge < -0.3 is 9.84 Å². The summed E-state index contributed by atoms with van der Waals surface area (Å²) < 4.78 is 5.55. The zero-order valence-corrected chi connectivity index (χ0v) is 9.92. The summed E-state index contributed by atoms with van der Waals surface area (Å²) in [6, 6.07) is 5.53. The largest absolute Gasteiger partial charge is 0.493 e. The average Bonchev–Trinajstić information content (AvgIpc) is 2.21. The van der Waals surface area contributed by atoms with E-state index in [0.29, 0.717) is 18.1 Å². The van der Waals surface area contributed by atoms with E-state index >= 15 is 0 Å². The lowest BCUT2D eigenvalue weighted by molar-refractivity contribution is 0.135. The van der Waals surface area contributed by atoms with Crippen molar-refractivity contribution in [1.29, 1.82) is 0 Å². The van der Waals surface area contributed by atoms with E-state index in [1.165, 1.54) is 0 Å². The number of hydrogen-bond acceptors (Lipinski definition) is 2. The molecule has 1 aromatic carbocycles. The summed E-state index contributed by atoms with van der Waals surface area (Å²) in [5, 5.41) is 10.1. The molecule has 1 rings (SSSR count). The number of aliphatic hydroxyl groups is 1. The van der Waals surface area contributed by atoms with Gasteiger partial charge >= 0.3 is 0 Å². The molecule has 0 fully saturated rings. The van der Waals surface area contributed by atoms with E-state index in [0.717, 1.165) is 17.7 Å². The molecule has 2 nitrogen and oxygen atoms in total. The fourth-order valence-corrected chi connectivity index (χ4v) is 1.51. The molecular formula is C12H17ClO2. The molecule has 0 aromatic heterocycles. The summed E-state index contributed by atoms with van der Waals surface area (Å²) in [6.07, 6.45) is 1.17. The molecule has 84 valence electrons. The van der Waals surface area contributed by atoms with Gasteiger partial charge in [0.1, 0.15) is 5.75 Å².